The second kappa shape index (κ2) is 19.0. The second-order valence-electron chi connectivity index (χ2n) is 21.2. The van der Waals surface area contributed by atoms with Crippen molar-refractivity contribution in [2.75, 3.05) is 0 Å². The van der Waals surface area contributed by atoms with E-state index in [4.69, 9.17) is 0 Å². The Morgan fingerprint density at radius 2 is 0.694 bits per heavy atom. The van der Waals surface area contributed by atoms with E-state index in [0.717, 1.165) is 122 Å². The lowest BCUT2D eigenvalue weighted by molar-refractivity contribution is 0.341. The summed E-state index contributed by atoms with van der Waals surface area (Å²) in [6, 6.07) is 18.2. The van der Waals surface area contributed by atoms with Gasteiger partial charge in [-0.2, -0.15) is 0 Å². The van der Waals surface area contributed by atoms with Crippen LogP contribution in [0, 0.1) is 13.8 Å². The van der Waals surface area contributed by atoms with E-state index in [1.807, 2.05) is 12.1 Å². The molecule has 62 heavy (non-hydrogen) atoms. The van der Waals surface area contributed by atoms with Crippen LogP contribution in [0.1, 0.15) is 251 Å². The maximum Gasteiger partial charge on any atom is 0.122 e. The van der Waals surface area contributed by atoms with E-state index in [0.29, 0.717) is 59.5 Å². The number of phenolic OH excluding ortho intramolecular Hbond substituents is 4. The summed E-state index contributed by atoms with van der Waals surface area (Å²) < 4.78 is 0. The van der Waals surface area contributed by atoms with Crippen molar-refractivity contribution in [2.45, 2.75) is 216 Å². The van der Waals surface area contributed by atoms with Gasteiger partial charge in [0.1, 0.15) is 23.0 Å². The normalized spacial score (nSPS) is 21.0. The largest absolute Gasteiger partial charge is 0.508 e. The molecule has 0 saturated heterocycles. The number of aromatic hydroxyl groups is 4. The van der Waals surface area contributed by atoms with Gasteiger partial charge in [-0.15, -0.1) is 0 Å². The smallest absolute Gasteiger partial charge is 0.122 e. The van der Waals surface area contributed by atoms with Crippen LogP contribution in [0.5, 0.6) is 23.0 Å². The van der Waals surface area contributed by atoms with Gasteiger partial charge in [0.2, 0.25) is 0 Å². The quantitative estimate of drug-likeness (QED) is 0.128. The highest BCUT2D eigenvalue weighted by atomic mass is 16.3. The van der Waals surface area contributed by atoms with Crippen molar-refractivity contribution >= 4 is 0 Å². The molecule has 4 aromatic rings. The number of aryl methyl sites for hydroxylation is 2. The van der Waals surface area contributed by atoms with Crippen molar-refractivity contribution in [3.8, 4) is 23.0 Å². The Balaban J connectivity index is 1.18. The maximum absolute atomic E-state index is 12.5. The molecule has 0 spiro atoms. The van der Waals surface area contributed by atoms with Crippen LogP contribution in [0.15, 0.2) is 48.5 Å². The van der Waals surface area contributed by atoms with E-state index in [2.05, 4.69) is 50.2 Å². The lowest BCUT2D eigenvalue weighted by atomic mass is 9.63. The third-order valence-corrected chi connectivity index (χ3v) is 17.2. The van der Waals surface area contributed by atoms with E-state index in [-0.39, 0.29) is 5.41 Å². The highest BCUT2D eigenvalue weighted by Gasteiger charge is 2.39. The molecule has 0 heterocycles. The van der Waals surface area contributed by atoms with Gasteiger partial charge in [0, 0.05) is 18.3 Å². The fourth-order valence-corrected chi connectivity index (χ4v) is 13.4. The monoisotopic (exact) mass is 837 g/mol. The van der Waals surface area contributed by atoms with Gasteiger partial charge in [-0.1, -0.05) is 133 Å². The van der Waals surface area contributed by atoms with Crippen LogP contribution in [-0.2, 0) is 18.3 Å². The van der Waals surface area contributed by atoms with Crippen molar-refractivity contribution in [1.82, 2.24) is 0 Å². The number of hydrogen-bond donors (Lipinski definition) is 4. The lowest BCUT2D eigenvalue weighted by Crippen LogP contribution is -2.31. The summed E-state index contributed by atoms with van der Waals surface area (Å²) in [7, 11) is 0. The van der Waals surface area contributed by atoms with E-state index in [9.17, 15) is 20.4 Å². The predicted octanol–water partition coefficient (Wildman–Crippen LogP) is 15.7. The Bertz CT molecular complexity index is 2030. The maximum atomic E-state index is 12.5. The molecule has 332 valence electrons. The fourth-order valence-electron chi connectivity index (χ4n) is 13.4. The van der Waals surface area contributed by atoms with Crippen LogP contribution in [0.3, 0.4) is 0 Å². The molecule has 0 atom stereocenters. The summed E-state index contributed by atoms with van der Waals surface area (Å²) in [5, 5.41) is 47.4. The van der Waals surface area contributed by atoms with Crippen molar-refractivity contribution in [2.24, 2.45) is 0 Å². The molecule has 4 N–H and O–H groups in total. The molecule has 0 amide bonds. The zero-order valence-electron chi connectivity index (χ0n) is 38.3. The Hall–Kier alpha value is -3.92. The van der Waals surface area contributed by atoms with Gasteiger partial charge < -0.3 is 20.4 Å². The van der Waals surface area contributed by atoms with Gasteiger partial charge in [0.05, 0.1) is 0 Å². The van der Waals surface area contributed by atoms with E-state index in [1.54, 1.807) is 0 Å². The first-order chi connectivity index (χ1) is 30.2. The predicted molar refractivity (Wildman–Crippen MR) is 255 cm³/mol. The minimum atomic E-state index is -0.232. The Morgan fingerprint density at radius 1 is 0.371 bits per heavy atom. The Labute approximate surface area is 373 Å². The number of phenols is 4. The zero-order valence-corrected chi connectivity index (χ0v) is 38.3. The molecule has 0 bridgehead atoms. The van der Waals surface area contributed by atoms with E-state index < -0.39 is 0 Å². The summed E-state index contributed by atoms with van der Waals surface area (Å²) in [6.45, 7) is 4.26. The molecule has 4 aromatic carbocycles. The number of benzene rings is 4. The average molecular weight is 837 g/mol. The SMILES string of the molecule is Cc1cc(O)c(C2CCCCC2)cc1Cc1cc(C2(c3cc(Cc4cc(C5CCCCC5)c(O)cc4C)c(O)c(C4CCCCC4)c3)CCCCC2)cc(C2CCCCC2)c1O. The van der Waals surface area contributed by atoms with E-state index >= 15 is 0 Å². The van der Waals surface area contributed by atoms with Gasteiger partial charge in [0.25, 0.3) is 0 Å². The highest BCUT2D eigenvalue weighted by Crippen LogP contribution is 2.52. The highest BCUT2D eigenvalue weighted by molar-refractivity contribution is 5.58. The van der Waals surface area contributed by atoms with Crippen LogP contribution in [0.4, 0.5) is 0 Å². The van der Waals surface area contributed by atoms with Crippen LogP contribution < -0.4 is 0 Å². The number of rotatable bonds is 10. The molecule has 5 aliphatic rings. The minimum absolute atomic E-state index is 0.232. The lowest BCUT2D eigenvalue weighted by Gasteiger charge is -2.41. The zero-order chi connectivity index (χ0) is 42.8. The Kier molecular flexibility index (Phi) is 13.3. The second-order valence-corrected chi connectivity index (χ2v) is 21.2. The van der Waals surface area contributed by atoms with Crippen LogP contribution in [-0.4, -0.2) is 20.4 Å². The molecule has 5 aliphatic carbocycles. The molecule has 5 saturated carbocycles. The van der Waals surface area contributed by atoms with Crippen LogP contribution >= 0.6 is 0 Å². The summed E-state index contributed by atoms with van der Waals surface area (Å²) in [5.74, 6) is 3.36. The first kappa shape index (κ1) is 43.3. The first-order valence-electron chi connectivity index (χ1n) is 25.6. The van der Waals surface area contributed by atoms with Crippen LogP contribution in [0.25, 0.3) is 0 Å². The molecule has 0 aromatic heterocycles. The molecule has 4 nitrogen and oxygen atoms in total. The Morgan fingerprint density at radius 3 is 1.05 bits per heavy atom. The average Bonchev–Trinajstić information content (AvgIpc) is 3.30. The van der Waals surface area contributed by atoms with Gasteiger partial charge in [-0.05, 0) is 181 Å². The molecular weight excluding hydrogens is 761 g/mol. The van der Waals surface area contributed by atoms with Gasteiger partial charge in [0.15, 0.2) is 0 Å². The molecule has 0 unspecified atom stereocenters. The standard InChI is InChI=1S/C58H76O4/c1-38-28-54(59)50(40-18-8-3-9-19-40)34-44(38)30-46-32-48(36-52(56(46)61)42-22-12-5-13-23-42)58(26-16-7-17-27-58)49-33-47(57(62)53(37-49)43-24-14-6-15-25-43)31-45-35-51(55(60)29-39(45)2)41-20-10-4-11-21-41/h28-29,32-37,40-43,59-62H,3-27,30-31H2,1-2H3. The van der Waals surface area contributed by atoms with E-state index in [1.165, 1.54) is 106 Å². The van der Waals surface area contributed by atoms with Crippen molar-refractivity contribution in [3.05, 3.63) is 115 Å². The fraction of sp³-hybridized carbons (Fsp3) is 0.586. The molecule has 9 rings (SSSR count). The molecule has 5 fully saturated rings. The van der Waals surface area contributed by atoms with Gasteiger partial charge in [-0.3, -0.25) is 0 Å². The molecular formula is C58H76O4. The first-order valence-corrected chi connectivity index (χ1v) is 25.6. The van der Waals surface area contributed by atoms with Gasteiger partial charge in [-0.25, -0.2) is 0 Å². The molecule has 4 heteroatoms. The van der Waals surface area contributed by atoms with Crippen LogP contribution in [0.2, 0.25) is 0 Å². The minimum Gasteiger partial charge on any atom is -0.508 e. The van der Waals surface area contributed by atoms with Crippen molar-refractivity contribution in [1.29, 1.82) is 0 Å². The summed E-state index contributed by atoms with van der Waals surface area (Å²) in [6.07, 6.45) is 30.8. The van der Waals surface area contributed by atoms with Crippen molar-refractivity contribution < 1.29 is 20.4 Å². The third kappa shape index (κ3) is 8.92. The summed E-state index contributed by atoms with van der Waals surface area (Å²) in [5.41, 5.74) is 13.6. The topological polar surface area (TPSA) is 80.9 Å². The molecule has 0 aliphatic heterocycles. The summed E-state index contributed by atoms with van der Waals surface area (Å²) in [4.78, 5) is 0. The molecule has 0 radical (unpaired) electrons. The van der Waals surface area contributed by atoms with Crippen molar-refractivity contribution in [3.63, 3.8) is 0 Å². The van der Waals surface area contributed by atoms with Gasteiger partial charge >= 0.3 is 0 Å². The third-order valence-electron chi connectivity index (χ3n) is 17.2. The summed E-state index contributed by atoms with van der Waals surface area (Å²) >= 11 is 0. The number of hydrogen-bond acceptors (Lipinski definition) is 4.